The van der Waals surface area contributed by atoms with E-state index < -0.39 is 8.56 Å². The van der Waals surface area contributed by atoms with Crippen LogP contribution in [0.2, 0.25) is 12.6 Å². The van der Waals surface area contributed by atoms with Gasteiger partial charge in [0, 0.05) is 14.2 Å². The Morgan fingerprint density at radius 1 is 1.19 bits per heavy atom. The summed E-state index contributed by atoms with van der Waals surface area (Å²) in [5.41, 5.74) is 2.47. The molecule has 16 heavy (non-hydrogen) atoms. The minimum atomic E-state index is -1.92. The third kappa shape index (κ3) is 3.59. The summed E-state index contributed by atoms with van der Waals surface area (Å²) >= 11 is 0. The molecule has 3 heteroatoms. The van der Waals surface area contributed by atoms with Crippen LogP contribution in [0.1, 0.15) is 11.1 Å². The SMILES string of the molecule is C=Cc1ccc(CC[Si](C)(OC)OC)cc1. The Labute approximate surface area is 99.2 Å². The smallest absolute Gasteiger partial charge is 0.334 e. The van der Waals surface area contributed by atoms with Gasteiger partial charge in [-0.3, -0.25) is 0 Å². The number of benzene rings is 1. The molecule has 1 aromatic rings. The van der Waals surface area contributed by atoms with Gasteiger partial charge in [0.05, 0.1) is 0 Å². The molecule has 0 aliphatic rings. The molecule has 0 N–H and O–H groups in total. The predicted octanol–water partition coefficient (Wildman–Crippen LogP) is 3.24. The third-order valence-corrected chi connectivity index (χ3v) is 5.83. The third-order valence-electron chi connectivity index (χ3n) is 2.95. The molecule has 0 radical (unpaired) electrons. The van der Waals surface area contributed by atoms with Crippen LogP contribution >= 0.6 is 0 Å². The van der Waals surface area contributed by atoms with E-state index in [1.54, 1.807) is 14.2 Å². The Morgan fingerprint density at radius 3 is 2.19 bits per heavy atom. The second-order valence-corrected chi connectivity index (χ2v) is 7.57. The highest BCUT2D eigenvalue weighted by atomic mass is 28.4. The first kappa shape index (κ1) is 13.2. The van der Waals surface area contributed by atoms with E-state index in [0.717, 1.165) is 18.0 Å². The summed E-state index contributed by atoms with van der Waals surface area (Å²) < 4.78 is 10.9. The van der Waals surface area contributed by atoms with Crippen molar-refractivity contribution in [3.05, 3.63) is 42.0 Å². The van der Waals surface area contributed by atoms with Gasteiger partial charge in [0.25, 0.3) is 0 Å². The molecule has 0 atom stereocenters. The zero-order chi connectivity index (χ0) is 12.0. The second kappa shape index (κ2) is 5.99. The van der Waals surface area contributed by atoms with Gasteiger partial charge in [0.1, 0.15) is 0 Å². The van der Waals surface area contributed by atoms with Crippen LogP contribution in [0.3, 0.4) is 0 Å². The Morgan fingerprint density at radius 2 is 1.75 bits per heavy atom. The molecule has 0 aliphatic heterocycles. The molecule has 0 aliphatic carbocycles. The highest BCUT2D eigenvalue weighted by Gasteiger charge is 2.27. The summed E-state index contributed by atoms with van der Waals surface area (Å²) in [7, 11) is 1.54. The number of aryl methyl sites for hydroxylation is 1. The molecule has 0 aromatic heterocycles. The molecule has 88 valence electrons. The average molecular weight is 236 g/mol. The average Bonchev–Trinajstić information content (AvgIpc) is 2.36. The fourth-order valence-corrected chi connectivity index (χ4v) is 2.80. The van der Waals surface area contributed by atoms with Gasteiger partial charge in [0.15, 0.2) is 0 Å². The standard InChI is InChI=1S/C13H20O2Si/c1-5-12-6-8-13(9-7-12)10-11-16(4,14-2)15-3/h5-9H,1,10-11H2,2-4H3. The van der Waals surface area contributed by atoms with Crippen molar-refractivity contribution in [2.24, 2.45) is 0 Å². The minimum absolute atomic E-state index is 0.980. The van der Waals surface area contributed by atoms with E-state index in [2.05, 4.69) is 37.4 Å². The summed E-state index contributed by atoms with van der Waals surface area (Å²) in [5, 5.41) is 0. The van der Waals surface area contributed by atoms with Crippen molar-refractivity contribution >= 4 is 14.6 Å². The maximum atomic E-state index is 5.45. The van der Waals surface area contributed by atoms with E-state index in [1.807, 2.05) is 6.08 Å². The molecule has 0 bridgehead atoms. The first-order valence-electron chi connectivity index (χ1n) is 5.45. The van der Waals surface area contributed by atoms with E-state index in [4.69, 9.17) is 8.85 Å². The Hall–Kier alpha value is -0.903. The fourth-order valence-electron chi connectivity index (χ4n) is 1.48. The number of hydrogen-bond donors (Lipinski definition) is 0. The van der Waals surface area contributed by atoms with Crippen LogP contribution in [0.25, 0.3) is 6.08 Å². The molecule has 0 spiro atoms. The van der Waals surface area contributed by atoms with Gasteiger partial charge >= 0.3 is 8.56 Å². The van der Waals surface area contributed by atoms with E-state index in [1.165, 1.54) is 5.56 Å². The molecule has 0 saturated carbocycles. The van der Waals surface area contributed by atoms with Crippen LogP contribution in [0.4, 0.5) is 0 Å². The van der Waals surface area contributed by atoms with Crippen molar-refractivity contribution in [3.63, 3.8) is 0 Å². The van der Waals surface area contributed by atoms with E-state index >= 15 is 0 Å². The Kier molecular flexibility index (Phi) is 4.93. The van der Waals surface area contributed by atoms with Crippen molar-refractivity contribution in [1.82, 2.24) is 0 Å². The lowest BCUT2D eigenvalue weighted by atomic mass is 10.1. The first-order chi connectivity index (χ1) is 7.63. The molecule has 0 unspecified atom stereocenters. The molecule has 0 amide bonds. The molecule has 0 saturated heterocycles. The maximum Gasteiger partial charge on any atom is 0.334 e. The maximum absolute atomic E-state index is 5.45. The van der Waals surface area contributed by atoms with Gasteiger partial charge in [-0.15, -0.1) is 0 Å². The lowest BCUT2D eigenvalue weighted by Gasteiger charge is -2.22. The second-order valence-electron chi connectivity index (χ2n) is 3.99. The summed E-state index contributed by atoms with van der Waals surface area (Å²) in [6.07, 6.45) is 2.86. The normalized spacial score (nSPS) is 11.4. The largest absolute Gasteiger partial charge is 0.398 e. The molecular weight excluding hydrogens is 216 g/mol. The monoisotopic (exact) mass is 236 g/mol. The molecule has 1 rings (SSSR count). The van der Waals surface area contributed by atoms with Crippen molar-refractivity contribution < 1.29 is 8.85 Å². The molecular formula is C13H20O2Si. The van der Waals surface area contributed by atoms with Gasteiger partial charge in [-0.25, -0.2) is 0 Å². The van der Waals surface area contributed by atoms with Gasteiger partial charge in [0.2, 0.25) is 0 Å². The predicted molar refractivity (Wildman–Crippen MR) is 70.7 cm³/mol. The van der Waals surface area contributed by atoms with Gasteiger partial charge in [-0.05, 0) is 30.1 Å². The molecule has 2 nitrogen and oxygen atoms in total. The highest BCUT2D eigenvalue weighted by molar-refractivity contribution is 6.65. The zero-order valence-corrected chi connectivity index (χ0v) is 11.3. The summed E-state index contributed by atoms with van der Waals surface area (Å²) in [5.74, 6) is 0. The van der Waals surface area contributed by atoms with Crippen LogP contribution < -0.4 is 0 Å². The number of rotatable bonds is 6. The van der Waals surface area contributed by atoms with E-state index in [0.29, 0.717) is 0 Å². The lowest BCUT2D eigenvalue weighted by Crippen LogP contribution is -2.36. The molecule has 0 heterocycles. The van der Waals surface area contributed by atoms with Crippen LogP contribution in [0, 0.1) is 0 Å². The van der Waals surface area contributed by atoms with Crippen LogP contribution in [0.5, 0.6) is 0 Å². The Bertz CT molecular complexity index is 328. The van der Waals surface area contributed by atoms with Crippen LogP contribution in [-0.4, -0.2) is 22.8 Å². The van der Waals surface area contributed by atoms with Gasteiger partial charge in [-0.1, -0.05) is 36.9 Å². The first-order valence-corrected chi connectivity index (χ1v) is 7.97. The summed E-state index contributed by atoms with van der Waals surface area (Å²) in [6.45, 7) is 5.83. The topological polar surface area (TPSA) is 18.5 Å². The van der Waals surface area contributed by atoms with E-state index in [-0.39, 0.29) is 0 Å². The summed E-state index contributed by atoms with van der Waals surface area (Å²) in [6, 6.07) is 9.42. The fraction of sp³-hybridized carbons (Fsp3) is 0.385. The van der Waals surface area contributed by atoms with Crippen molar-refractivity contribution in [3.8, 4) is 0 Å². The van der Waals surface area contributed by atoms with Crippen molar-refractivity contribution in [1.29, 1.82) is 0 Å². The van der Waals surface area contributed by atoms with E-state index in [9.17, 15) is 0 Å². The van der Waals surface area contributed by atoms with Crippen LogP contribution in [0.15, 0.2) is 30.8 Å². The summed E-state index contributed by atoms with van der Waals surface area (Å²) in [4.78, 5) is 0. The molecule has 0 fully saturated rings. The lowest BCUT2D eigenvalue weighted by molar-refractivity contribution is 0.249. The zero-order valence-electron chi connectivity index (χ0n) is 10.3. The van der Waals surface area contributed by atoms with Gasteiger partial charge < -0.3 is 8.85 Å². The molecule has 1 aromatic carbocycles. The Balaban J connectivity index is 2.57. The van der Waals surface area contributed by atoms with Crippen molar-refractivity contribution in [2.45, 2.75) is 19.0 Å². The minimum Gasteiger partial charge on any atom is -0.398 e. The van der Waals surface area contributed by atoms with Gasteiger partial charge in [-0.2, -0.15) is 0 Å². The van der Waals surface area contributed by atoms with Crippen molar-refractivity contribution in [2.75, 3.05) is 14.2 Å². The quantitative estimate of drug-likeness (QED) is 0.706. The number of hydrogen-bond acceptors (Lipinski definition) is 2. The van der Waals surface area contributed by atoms with Crippen LogP contribution in [-0.2, 0) is 15.3 Å². The highest BCUT2D eigenvalue weighted by Crippen LogP contribution is 2.16.